The molecule has 0 spiro atoms. The van der Waals surface area contributed by atoms with Crippen molar-refractivity contribution in [2.24, 2.45) is 0 Å². The molecule has 1 aliphatic heterocycles. The highest BCUT2D eigenvalue weighted by molar-refractivity contribution is 5.93. The van der Waals surface area contributed by atoms with Crippen LogP contribution in [0.15, 0.2) is 48.5 Å². The highest BCUT2D eigenvalue weighted by Gasteiger charge is 2.21. The van der Waals surface area contributed by atoms with E-state index in [9.17, 15) is 0 Å². The number of benzene rings is 2. The molecule has 0 atom stereocenters. The topological polar surface area (TPSA) is 47.0 Å². The van der Waals surface area contributed by atoms with E-state index in [1.807, 2.05) is 30.3 Å². The number of rotatable bonds is 3. The summed E-state index contributed by atoms with van der Waals surface area (Å²) in [6, 6.07) is 16.3. The van der Waals surface area contributed by atoms with Gasteiger partial charge >= 0.3 is 0 Å². The summed E-state index contributed by atoms with van der Waals surface area (Å²) in [7, 11) is 1.70. The molecule has 1 aliphatic rings. The number of para-hydroxylation sites is 2. The van der Waals surface area contributed by atoms with Gasteiger partial charge in [0.05, 0.1) is 18.3 Å². The van der Waals surface area contributed by atoms with E-state index in [4.69, 9.17) is 14.7 Å². The molecule has 2 aromatic carbocycles. The maximum atomic E-state index is 5.56. The second kappa shape index (κ2) is 6.57. The third-order valence-corrected chi connectivity index (χ3v) is 4.69. The van der Waals surface area contributed by atoms with Crippen molar-refractivity contribution in [3.8, 4) is 17.0 Å². The fraction of sp³-hybridized carbons (Fsp3) is 0.300. The summed E-state index contributed by atoms with van der Waals surface area (Å²) in [5, 5.41) is 4.48. The van der Waals surface area contributed by atoms with Crippen LogP contribution in [0.3, 0.4) is 0 Å². The van der Waals surface area contributed by atoms with E-state index in [0.29, 0.717) is 5.92 Å². The van der Waals surface area contributed by atoms with Crippen LogP contribution in [0.2, 0.25) is 0 Å². The quantitative estimate of drug-likeness (QED) is 0.798. The lowest BCUT2D eigenvalue weighted by Gasteiger charge is -2.22. The van der Waals surface area contributed by atoms with E-state index in [0.717, 1.165) is 59.7 Å². The second-order valence-electron chi connectivity index (χ2n) is 6.17. The monoisotopic (exact) mass is 319 g/mol. The van der Waals surface area contributed by atoms with Crippen LogP contribution in [-0.4, -0.2) is 30.2 Å². The van der Waals surface area contributed by atoms with Crippen LogP contribution in [-0.2, 0) is 0 Å². The maximum absolute atomic E-state index is 5.56. The number of hydrogen-bond donors (Lipinski definition) is 1. The standard InChI is InChI=1S/C20H21N3O/c1-24-18-9-5-3-7-16(18)19-15-6-2-4-8-17(15)22-20(23-19)14-10-12-21-13-11-14/h2-9,14,21H,10-13H2,1H3. The van der Waals surface area contributed by atoms with Crippen LogP contribution in [0.1, 0.15) is 24.6 Å². The molecule has 2 heterocycles. The highest BCUT2D eigenvalue weighted by atomic mass is 16.5. The summed E-state index contributed by atoms with van der Waals surface area (Å²) in [4.78, 5) is 9.85. The Morgan fingerprint density at radius 1 is 0.958 bits per heavy atom. The van der Waals surface area contributed by atoms with Gasteiger partial charge in [-0.2, -0.15) is 0 Å². The third kappa shape index (κ3) is 2.74. The Balaban J connectivity index is 1.92. The van der Waals surface area contributed by atoms with Gasteiger partial charge < -0.3 is 10.1 Å². The van der Waals surface area contributed by atoms with Crippen molar-refractivity contribution in [2.45, 2.75) is 18.8 Å². The third-order valence-electron chi connectivity index (χ3n) is 4.69. The first-order chi connectivity index (χ1) is 11.9. The van der Waals surface area contributed by atoms with E-state index < -0.39 is 0 Å². The molecule has 4 heteroatoms. The van der Waals surface area contributed by atoms with Gasteiger partial charge in [-0.3, -0.25) is 0 Å². The fourth-order valence-electron chi connectivity index (χ4n) is 3.40. The zero-order chi connectivity index (χ0) is 16.4. The van der Waals surface area contributed by atoms with Gasteiger partial charge in [0.1, 0.15) is 11.6 Å². The van der Waals surface area contributed by atoms with Gasteiger partial charge in [-0.1, -0.05) is 30.3 Å². The van der Waals surface area contributed by atoms with Gasteiger partial charge in [-0.25, -0.2) is 9.97 Å². The van der Waals surface area contributed by atoms with Crippen molar-refractivity contribution < 1.29 is 4.74 Å². The Hall–Kier alpha value is -2.46. The summed E-state index contributed by atoms with van der Waals surface area (Å²) >= 11 is 0. The zero-order valence-corrected chi connectivity index (χ0v) is 13.8. The normalized spacial score (nSPS) is 15.5. The summed E-state index contributed by atoms with van der Waals surface area (Å²) in [6.07, 6.45) is 2.17. The van der Waals surface area contributed by atoms with Crippen LogP contribution >= 0.6 is 0 Å². The number of nitrogens with zero attached hydrogens (tertiary/aromatic N) is 2. The van der Waals surface area contributed by atoms with Crippen LogP contribution in [0.4, 0.5) is 0 Å². The Labute approximate surface area is 141 Å². The van der Waals surface area contributed by atoms with Gasteiger partial charge in [0, 0.05) is 16.9 Å². The summed E-state index contributed by atoms with van der Waals surface area (Å²) in [6.45, 7) is 2.07. The Morgan fingerprint density at radius 3 is 2.54 bits per heavy atom. The van der Waals surface area contributed by atoms with Crippen molar-refractivity contribution in [1.29, 1.82) is 0 Å². The smallest absolute Gasteiger partial charge is 0.132 e. The molecule has 1 aromatic heterocycles. The molecule has 0 unspecified atom stereocenters. The van der Waals surface area contributed by atoms with E-state index in [-0.39, 0.29) is 0 Å². The molecule has 24 heavy (non-hydrogen) atoms. The number of ether oxygens (including phenoxy) is 1. The molecule has 4 nitrogen and oxygen atoms in total. The van der Waals surface area contributed by atoms with Gasteiger partial charge in [-0.05, 0) is 44.1 Å². The Morgan fingerprint density at radius 2 is 1.71 bits per heavy atom. The number of nitrogens with one attached hydrogen (secondary N) is 1. The molecule has 122 valence electrons. The van der Waals surface area contributed by atoms with Crippen molar-refractivity contribution in [3.63, 3.8) is 0 Å². The van der Waals surface area contributed by atoms with Gasteiger partial charge in [-0.15, -0.1) is 0 Å². The molecule has 0 aliphatic carbocycles. The predicted molar refractivity (Wildman–Crippen MR) is 96.4 cm³/mol. The fourth-order valence-corrected chi connectivity index (χ4v) is 3.40. The van der Waals surface area contributed by atoms with Crippen molar-refractivity contribution in [3.05, 3.63) is 54.4 Å². The first kappa shape index (κ1) is 15.1. The summed E-state index contributed by atoms with van der Waals surface area (Å²) in [5.41, 5.74) is 2.99. The largest absolute Gasteiger partial charge is 0.496 e. The average Bonchev–Trinajstić information content (AvgIpc) is 2.68. The summed E-state index contributed by atoms with van der Waals surface area (Å²) in [5.74, 6) is 2.22. The van der Waals surface area contributed by atoms with E-state index in [1.54, 1.807) is 7.11 Å². The first-order valence-electron chi connectivity index (χ1n) is 8.47. The second-order valence-corrected chi connectivity index (χ2v) is 6.17. The van der Waals surface area contributed by atoms with Crippen molar-refractivity contribution >= 4 is 10.9 Å². The Bertz CT molecular complexity index is 856. The minimum absolute atomic E-state index is 0.421. The number of methoxy groups -OCH3 is 1. The van der Waals surface area contributed by atoms with Crippen LogP contribution in [0, 0.1) is 0 Å². The van der Waals surface area contributed by atoms with Crippen LogP contribution in [0.25, 0.3) is 22.2 Å². The minimum Gasteiger partial charge on any atom is -0.496 e. The molecular weight excluding hydrogens is 298 g/mol. The van der Waals surface area contributed by atoms with Gasteiger partial charge in [0.25, 0.3) is 0 Å². The maximum Gasteiger partial charge on any atom is 0.132 e. The molecule has 1 fully saturated rings. The molecule has 3 aromatic rings. The molecule has 1 N–H and O–H groups in total. The predicted octanol–water partition coefficient (Wildman–Crippen LogP) is 3.77. The van der Waals surface area contributed by atoms with Crippen LogP contribution < -0.4 is 10.1 Å². The number of hydrogen-bond acceptors (Lipinski definition) is 4. The van der Waals surface area contributed by atoms with Crippen molar-refractivity contribution in [1.82, 2.24) is 15.3 Å². The lowest BCUT2D eigenvalue weighted by molar-refractivity contribution is 0.416. The van der Waals surface area contributed by atoms with E-state index >= 15 is 0 Å². The van der Waals surface area contributed by atoms with Crippen LogP contribution in [0.5, 0.6) is 5.75 Å². The molecule has 0 amide bonds. The first-order valence-corrected chi connectivity index (χ1v) is 8.47. The Kier molecular flexibility index (Phi) is 4.13. The number of aromatic nitrogens is 2. The molecule has 0 radical (unpaired) electrons. The van der Waals surface area contributed by atoms with Gasteiger partial charge in [0.2, 0.25) is 0 Å². The molecule has 0 saturated carbocycles. The SMILES string of the molecule is COc1ccccc1-c1nc(C2CCNCC2)nc2ccccc12. The average molecular weight is 319 g/mol. The summed E-state index contributed by atoms with van der Waals surface area (Å²) < 4.78 is 5.56. The van der Waals surface area contributed by atoms with Crippen molar-refractivity contribution in [2.75, 3.05) is 20.2 Å². The molecule has 0 bridgehead atoms. The lowest BCUT2D eigenvalue weighted by atomic mass is 9.96. The molecule has 4 rings (SSSR count). The van der Waals surface area contributed by atoms with E-state index in [2.05, 4.69) is 23.5 Å². The minimum atomic E-state index is 0.421. The van der Waals surface area contributed by atoms with Gasteiger partial charge in [0.15, 0.2) is 0 Å². The molecule has 1 saturated heterocycles. The zero-order valence-electron chi connectivity index (χ0n) is 13.8. The van der Waals surface area contributed by atoms with E-state index in [1.165, 1.54) is 0 Å². The number of piperidine rings is 1. The molecular formula is C20H21N3O. The lowest BCUT2D eigenvalue weighted by Crippen LogP contribution is -2.27. The highest BCUT2D eigenvalue weighted by Crippen LogP contribution is 2.34. The number of fused-ring (bicyclic) bond motifs is 1.